The van der Waals surface area contributed by atoms with Gasteiger partial charge >= 0.3 is 0 Å². The zero-order valence-corrected chi connectivity index (χ0v) is 17.1. The summed E-state index contributed by atoms with van der Waals surface area (Å²) in [7, 11) is -3.50. The molecule has 1 heterocycles. The SMILES string of the molecule is CSc1ccc(NC(=O)c2ccc(S(=O)(=O)N3CCCC(C)C3)cc2)cc1. The maximum Gasteiger partial charge on any atom is 0.255 e. The second kappa shape index (κ2) is 8.46. The molecular weight excluding hydrogens is 380 g/mol. The largest absolute Gasteiger partial charge is 0.322 e. The Morgan fingerprint density at radius 2 is 1.78 bits per heavy atom. The molecule has 1 amide bonds. The Kier molecular flexibility index (Phi) is 6.24. The van der Waals surface area contributed by atoms with Gasteiger partial charge in [0.2, 0.25) is 10.0 Å². The topological polar surface area (TPSA) is 66.5 Å². The normalized spacial score (nSPS) is 18.2. The van der Waals surface area contributed by atoms with E-state index in [1.807, 2.05) is 30.5 Å². The molecule has 0 saturated carbocycles. The third kappa shape index (κ3) is 4.72. The fourth-order valence-electron chi connectivity index (χ4n) is 3.17. The summed E-state index contributed by atoms with van der Waals surface area (Å²) in [6.45, 7) is 3.18. The third-order valence-corrected chi connectivity index (χ3v) is 7.34. The van der Waals surface area contributed by atoms with Crippen molar-refractivity contribution in [3.05, 3.63) is 54.1 Å². The predicted octanol–water partition coefficient (Wildman–Crippen LogP) is 4.08. The van der Waals surface area contributed by atoms with Gasteiger partial charge in [0, 0.05) is 29.2 Å². The lowest BCUT2D eigenvalue weighted by Crippen LogP contribution is -2.39. The number of nitrogens with one attached hydrogen (secondary N) is 1. The Morgan fingerprint density at radius 3 is 2.37 bits per heavy atom. The number of rotatable bonds is 5. The molecule has 0 aliphatic carbocycles. The van der Waals surface area contributed by atoms with Crippen LogP contribution in [0.1, 0.15) is 30.1 Å². The molecule has 1 N–H and O–H groups in total. The van der Waals surface area contributed by atoms with Gasteiger partial charge in [-0.15, -0.1) is 11.8 Å². The number of hydrogen-bond donors (Lipinski definition) is 1. The Bertz CT molecular complexity index is 894. The molecule has 5 nitrogen and oxygen atoms in total. The molecule has 3 rings (SSSR count). The first-order chi connectivity index (χ1) is 12.9. The van der Waals surface area contributed by atoms with Crippen LogP contribution < -0.4 is 5.32 Å². The van der Waals surface area contributed by atoms with Crippen LogP contribution in [0.15, 0.2) is 58.3 Å². The Balaban J connectivity index is 1.71. The smallest absolute Gasteiger partial charge is 0.255 e. The number of nitrogens with zero attached hydrogens (tertiary/aromatic N) is 1. The van der Waals surface area contributed by atoms with Crippen LogP contribution in [0.2, 0.25) is 0 Å². The lowest BCUT2D eigenvalue weighted by molar-refractivity contribution is 0.102. The van der Waals surface area contributed by atoms with Crippen LogP contribution in [0.25, 0.3) is 0 Å². The van der Waals surface area contributed by atoms with E-state index >= 15 is 0 Å². The molecule has 0 spiro atoms. The van der Waals surface area contributed by atoms with Crippen molar-refractivity contribution in [3.63, 3.8) is 0 Å². The number of piperidine rings is 1. The van der Waals surface area contributed by atoms with E-state index in [2.05, 4.69) is 12.2 Å². The average molecular weight is 405 g/mol. The van der Waals surface area contributed by atoms with E-state index in [9.17, 15) is 13.2 Å². The molecule has 1 fully saturated rings. The van der Waals surface area contributed by atoms with Crippen LogP contribution in [-0.4, -0.2) is 38.0 Å². The first kappa shape index (κ1) is 19.9. The van der Waals surface area contributed by atoms with Crippen LogP contribution in [0.3, 0.4) is 0 Å². The third-order valence-electron chi connectivity index (χ3n) is 4.72. The number of carbonyl (C=O) groups is 1. The van der Waals surface area contributed by atoms with Gasteiger partial charge in [-0.05, 0) is 73.5 Å². The summed E-state index contributed by atoms with van der Waals surface area (Å²) in [4.78, 5) is 13.8. The van der Waals surface area contributed by atoms with E-state index in [1.54, 1.807) is 28.2 Å². The van der Waals surface area contributed by atoms with Crippen molar-refractivity contribution in [2.75, 3.05) is 24.7 Å². The van der Waals surface area contributed by atoms with Gasteiger partial charge < -0.3 is 5.32 Å². The molecule has 2 aromatic rings. The van der Waals surface area contributed by atoms with Crippen molar-refractivity contribution in [1.82, 2.24) is 4.31 Å². The lowest BCUT2D eigenvalue weighted by Gasteiger charge is -2.30. The molecule has 1 atom stereocenters. The van der Waals surface area contributed by atoms with Crippen molar-refractivity contribution in [2.45, 2.75) is 29.6 Å². The Hall–Kier alpha value is -1.83. The number of carbonyl (C=O) groups excluding carboxylic acids is 1. The molecule has 0 aromatic heterocycles. The molecule has 1 aliphatic heterocycles. The van der Waals surface area contributed by atoms with Crippen molar-refractivity contribution in [2.24, 2.45) is 5.92 Å². The fraction of sp³-hybridized carbons (Fsp3) is 0.350. The van der Waals surface area contributed by atoms with E-state index in [4.69, 9.17) is 0 Å². The molecule has 2 aromatic carbocycles. The highest BCUT2D eigenvalue weighted by Gasteiger charge is 2.28. The second-order valence-electron chi connectivity index (χ2n) is 6.82. The van der Waals surface area contributed by atoms with E-state index in [-0.39, 0.29) is 10.8 Å². The molecule has 0 bridgehead atoms. The number of sulfonamides is 1. The van der Waals surface area contributed by atoms with Crippen molar-refractivity contribution in [3.8, 4) is 0 Å². The van der Waals surface area contributed by atoms with E-state index in [0.29, 0.717) is 30.3 Å². The van der Waals surface area contributed by atoms with Gasteiger partial charge in [0.1, 0.15) is 0 Å². The lowest BCUT2D eigenvalue weighted by atomic mass is 10.0. The van der Waals surface area contributed by atoms with Gasteiger partial charge in [-0.1, -0.05) is 6.92 Å². The van der Waals surface area contributed by atoms with Gasteiger partial charge in [-0.2, -0.15) is 4.31 Å². The molecule has 7 heteroatoms. The maximum atomic E-state index is 12.8. The summed E-state index contributed by atoms with van der Waals surface area (Å²) in [5.41, 5.74) is 1.13. The summed E-state index contributed by atoms with van der Waals surface area (Å²) < 4.78 is 27.1. The van der Waals surface area contributed by atoms with Crippen LogP contribution >= 0.6 is 11.8 Å². The monoisotopic (exact) mass is 404 g/mol. The Morgan fingerprint density at radius 1 is 1.11 bits per heavy atom. The van der Waals surface area contributed by atoms with Crippen molar-refractivity contribution < 1.29 is 13.2 Å². The summed E-state index contributed by atoms with van der Waals surface area (Å²) in [6, 6.07) is 13.7. The maximum absolute atomic E-state index is 12.8. The minimum atomic E-state index is -3.50. The van der Waals surface area contributed by atoms with Gasteiger partial charge in [-0.3, -0.25) is 4.79 Å². The number of benzene rings is 2. The van der Waals surface area contributed by atoms with Gasteiger partial charge in [-0.25, -0.2) is 8.42 Å². The summed E-state index contributed by atoms with van der Waals surface area (Å²) in [5, 5.41) is 2.83. The molecule has 144 valence electrons. The highest BCUT2D eigenvalue weighted by Crippen LogP contribution is 2.24. The molecule has 27 heavy (non-hydrogen) atoms. The zero-order chi connectivity index (χ0) is 19.4. The molecule has 0 radical (unpaired) electrons. The summed E-state index contributed by atoms with van der Waals surface area (Å²) in [5.74, 6) is 0.110. The highest BCUT2D eigenvalue weighted by molar-refractivity contribution is 7.98. The summed E-state index contributed by atoms with van der Waals surface area (Å²) >= 11 is 1.63. The first-order valence-corrected chi connectivity index (χ1v) is 11.6. The number of thioether (sulfide) groups is 1. The van der Waals surface area contributed by atoms with Gasteiger partial charge in [0.25, 0.3) is 5.91 Å². The quantitative estimate of drug-likeness (QED) is 0.763. The molecule has 1 unspecified atom stereocenters. The highest BCUT2D eigenvalue weighted by atomic mass is 32.2. The number of hydrogen-bond acceptors (Lipinski definition) is 4. The predicted molar refractivity (Wildman–Crippen MR) is 110 cm³/mol. The average Bonchev–Trinajstić information content (AvgIpc) is 2.68. The summed E-state index contributed by atoms with van der Waals surface area (Å²) in [6.07, 6.45) is 3.94. The number of amides is 1. The van der Waals surface area contributed by atoms with E-state index in [1.165, 1.54) is 12.1 Å². The Labute approximate surface area is 165 Å². The zero-order valence-electron chi connectivity index (χ0n) is 15.5. The number of anilines is 1. The fourth-order valence-corrected chi connectivity index (χ4v) is 5.18. The minimum Gasteiger partial charge on any atom is -0.322 e. The standard InChI is InChI=1S/C20H24N2O3S2/c1-15-4-3-13-22(14-15)27(24,25)19-11-5-16(6-12-19)20(23)21-17-7-9-18(26-2)10-8-17/h5-12,15H,3-4,13-14H2,1-2H3,(H,21,23). The minimum absolute atomic E-state index is 0.234. The van der Waals surface area contributed by atoms with E-state index < -0.39 is 10.0 Å². The van der Waals surface area contributed by atoms with Gasteiger partial charge in [0.05, 0.1) is 4.90 Å². The van der Waals surface area contributed by atoms with Gasteiger partial charge in [0.15, 0.2) is 0 Å². The molecule has 1 aliphatic rings. The van der Waals surface area contributed by atoms with Crippen LogP contribution in [0.5, 0.6) is 0 Å². The molecular formula is C20H24N2O3S2. The van der Waals surface area contributed by atoms with Crippen molar-refractivity contribution >= 4 is 33.4 Å². The van der Waals surface area contributed by atoms with Crippen LogP contribution in [0.4, 0.5) is 5.69 Å². The van der Waals surface area contributed by atoms with Crippen LogP contribution in [-0.2, 0) is 10.0 Å². The second-order valence-corrected chi connectivity index (χ2v) is 9.64. The molecule has 1 saturated heterocycles. The van der Waals surface area contributed by atoms with Crippen molar-refractivity contribution in [1.29, 1.82) is 0 Å². The van der Waals surface area contributed by atoms with E-state index in [0.717, 1.165) is 17.7 Å². The van der Waals surface area contributed by atoms with Crippen LogP contribution in [0, 0.1) is 5.92 Å². The first-order valence-electron chi connectivity index (χ1n) is 8.96.